The first-order valence-electron chi connectivity index (χ1n) is 7.19. The Kier molecular flexibility index (Phi) is 4.26. The summed E-state index contributed by atoms with van der Waals surface area (Å²) in [5.41, 5.74) is 1.07. The molecule has 0 radical (unpaired) electrons. The monoisotopic (exact) mass is 350 g/mol. The highest BCUT2D eigenvalue weighted by Crippen LogP contribution is 2.20. The van der Waals surface area contributed by atoms with Gasteiger partial charge >= 0.3 is 6.18 Å². The summed E-state index contributed by atoms with van der Waals surface area (Å²) < 4.78 is 39.1. The Bertz CT molecular complexity index is 884. The minimum atomic E-state index is -4.40. The maximum atomic E-state index is 12.3. The fourth-order valence-electron chi connectivity index (χ4n) is 2.16. The van der Waals surface area contributed by atoms with Crippen LogP contribution >= 0.6 is 0 Å². The minimum Gasteiger partial charge on any atom is -0.305 e. The fraction of sp³-hybridized carbons (Fsp3) is 0.200. The molecule has 3 heterocycles. The van der Waals surface area contributed by atoms with Crippen LogP contribution in [0.15, 0.2) is 42.7 Å². The second kappa shape index (κ2) is 6.38. The molecule has 0 aliphatic heterocycles. The van der Waals surface area contributed by atoms with Gasteiger partial charge in [-0.3, -0.25) is 19.1 Å². The van der Waals surface area contributed by atoms with Gasteiger partial charge in [0.2, 0.25) is 0 Å². The molecule has 0 atom stereocenters. The van der Waals surface area contributed by atoms with Crippen molar-refractivity contribution < 1.29 is 18.0 Å². The largest absolute Gasteiger partial charge is 0.408 e. The van der Waals surface area contributed by atoms with Crippen molar-refractivity contribution in [2.24, 2.45) is 7.05 Å². The predicted molar refractivity (Wildman–Crippen MR) is 82.7 cm³/mol. The number of rotatable bonds is 4. The van der Waals surface area contributed by atoms with E-state index in [0.717, 1.165) is 6.20 Å². The molecule has 0 bridgehead atoms. The third-order valence-electron chi connectivity index (χ3n) is 3.26. The third-order valence-corrected chi connectivity index (χ3v) is 3.26. The summed E-state index contributed by atoms with van der Waals surface area (Å²) in [7, 11) is 1.63. The van der Waals surface area contributed by atoms with Gasteiger partial charge in [-0.05, 0) is 18.2 Å². The number of nitrogens with zero attached hydrogens (tertiary/aromatic N) is 5. The number of aromatic nitrogens is 5. The highest BCUT2D eigenvalue weighted by atomic mass is 19.4. The highest BCUT2D eigenvalue weighted by Gasteiger charge is 2.28. The first kappa shape index (κ1) is 16.7. The number of nitrogens with one attached hydrogen (secondary N) is 1. The van der Waals surface area contributed by atoms with Gasteiger partial charge in [0.15, 0.2) is 5.69 Å². The van der Waals surface area contributed by atoms with Gasteiger partial charge in [-0.1, -0.05) is 6.07 Å². The topological polar surface area (TPSA) is 77.6 Å². The van der Waals surface area contributed by atoms with Crippen LogP contribution in [0.1, 0.15) is 10.5 Å². The van der Waals surface area contributed by atoms with Gasteiger partial charge in [-0.15, -0.1) is 0 Å². The molecule has 7 nitrogen and oxygen atoms in total. The first-order valence-corrected chi connectivity index (χ1v) is 7.19. The molecule has 0 saturated heterocycles. The zero-order valence-corrected chi connectivity index (χ0v) is 13.0. The Morgan fingerprint density at radius 1 is 1.20 bits per heavy atom. The number of hydrogen-bond acceptors (Lipinski definition) is 4. The van der Waals surface area contributed by atoms with Crippen LogP contribution in [0, 0.1) is 0 Å². The van der Waals surface area contributed by atoms with E-state index in [1.807, 2.05) is 6.07 Å². The molecule has 130 valence electrons. The van der Waals surface area contributed by atoms with E-state index in [-0.39, 0.29) is 5.69 Å². The van der Waals surface area contributed by atoms with Crippen LogP contribution < -0.4 is 5.32 Å². The average Bonchev–Trinajstić information content (AvgIpc) is 3.14. The van der Waals surface area contributed by atoms with Gasteiger partial charge < -0.3 is 5.32 Å². The fourth-order valence-corrected chi connectivity index (χ4v) is 2.16. The van der Waals surface area contributed by atoms with Crippen LogP contribution in [-0.4, -0.2) is 36.6 Å². The lowest BCUT2D eigenvalue weighted by Crippen LogP contribution is -2.19. The zero-order chi connectivity index (χ0) is 18.0. The molecule has 0 aliphatic carbocycles. The summed E-state index contributed by atoms with van der Waals surface area (Å²) in [4.78, 5) is 16.3. The van der Waals surface area contributed by atoms with Crippen molar-refractivity contribution in [3.63, 3.8) is 0 Å². The number of carbonyl (C=O) groups excluding carboxylic acids is 1. The van der Waals surface area contributed by atoms with E-state index in [1.54, 1.807) is 31.4 Å². The van der Waals surface area contributed by atoms with Crippen LogP contribution in [0.4, 0.5) is 19.0 Å². The molecule has 0 fully saturated rings. The normalized spacial score (nSPS) is 11.5. The van der Waals surface area contributed by atoms with E-state index in [4.69, 9.17) is 0 Å². The number of carbonyl (C=O) groups is 1. The van der Waals surface area contributed by atoms with Crippen molar-refractivity contribution in [1.29, 1.82) is 0 Å². The smallest absolute Gasteiger partial charge is 0.305 e. The lowest BCUT2D eigenvalue weighted by molar-refractivity contribution is -0.142. The number of hydrogen-bond donors (Lipinski definition) is 1. The summed E-state index contributed by atoms with van der Waals surface area (Å²) in [6.07, 6.45) is -1.68. The summed E-state index contributed by atoms with van der Waals surface area (Å²) in [5.74, 6) is -0.257. The lowest BCUT2D eigenvalue weighted by atomic mass is 10.3. The van der Waals surface area contributed by atoms with Crippen molar-refractivity contribution in [2.45, 2.75) is 12.7 Å². The standard InChI is InChI=1S/C15H13F3N6O/c1-23-13(8-12(21-23)10-4-2-3-6-19-10)20-14(25)11-5-7-24(22-11)9-15(16,17)18/h2-8H,9H2,1H3,(H,20,25). The molecule has 0 unspecified atom stereocenters. The van der Waals surface area contributed by atoms with E-state index in [2.05, 4.69) is 20.5 Å². The van der Waals surface area contributed by atoms with Crippen molar-refractivity contribution in [3.05, 3.63) is 48.4 Å². The lowest BCUT2D eigenvalue weighted by Gasteiger charge is -2.05. The molecule has 3 aromatic rings. The number of aryl methyl sites for hydroxylation is 1. The first-order chi connectivity index (χ1) is 11.8. The molecule has 3 rings (SSSR count). The SMILES string of the molecule is Cn1nc(-c2ccccn2)cc1NC(=O)c1ccn(CC(F)(F)F)n1. The number of amides is 1. The van der Waals surface area contributed by atoms with E-state index in [9.17, 15) is 18.0 Å². The van der Waals surface area contributed by atoms with E-state index < -0.39 is 18.6 Å². The zero-order valence-electron chi connectivity index (χ0n) is 13.0. The van der Waals surface area contributed by atoms with Gasteiger partial charge in [-0.25, -0.2) is 0 Å². The number of halogens is 3. The molecule has 0 spiro atoms. The molecule has 3 aromatic heterocycles. The van der Waals surface area contributed by atoms with Crippen molar-refractivity contribution >= 4 is 11.7 Å². The number of pyridine rings is 1. The van der Waals surface area contributed by atoms with Crippen LogP contribution in [0.3, 0.4) is 0 Å². The van der Waals surface area contributed by atoms with Gasteiger partial charge in [0, 0.05) is 25.5 Å². The Hall–Kier alpha value is -3.17. The Labute approximate surface area is 140 Å². The van der Waals surface area contributed by atoms with Crippen LogP contribution in [0.5, 0.6) is 0 Å². The second-order valence-electron chi connectivity index (χ2n) is 5.22. The van der Waals surface area contributed by atoms with Gasteiger partial charge in [-0.2, -0.15) is 23.4 Å². The van der Waals surface area contributed by atoms with E-state index in [1.165, 1.54) is 10.7 Å². The van der Waals surface area contributed by atoms with Crippen molar-refractivity contribution in [1.82, 2.24) is 24.5 Å². The van der Waals surface area contributed by atoms with E-state index in [0.29, 0.717) is 21.9 Å². The minimum absolute atomic E-state index is 0.121. The Morgan fingerprint density at radius 3 is 2.68 bits per heavy atom. The molecule has 25 heavy (non-hydrogen) atoms. The van der Waals surface area contributed by atoms with Crippen molar-refractivity contribution in [3.8, 4) is 11.4 Å². The van der Waals surface area contributed by atoms with E-state index >= 15 is 0 Å². The molecule has 1 N–H and O–H groups in total. The molecular weight excluding hydrogens is 337 g/mol. The highest BCUT2D eigenvalue weighted by molar-refractivity contribution is 6.02. The number of anilines is 1. The molecule has 1 amide bonds. The molecular formula is C15H13F3N6O. The van der Waals surface area contributed by atoms with Gasteiger partial charge in [0.25, 0.3) is 5.91 Å². The average molecular weight is 350 g/mol. The second-order valence-corrected chi connectivity index (χ2v) is 5.22. The number of alkyl halides is 3. The quantitative estimate of drug-likeness (QED) is 0.784. The van der Waals surface area contributed by atoms with Gasteiger partial charge in [0.05, 0.1) is 5.69 Å². The summed E-state index contributed by atoms with van der Waals surface area (Å²) in [5, 5.41) is 10.4. The maximum Gasteiger partial charge on any atom is 0.408 e. The molecule has 0 aromatic carbocycles. The van der Waals surface area contributed by atoms with Gasteiger partial charge in [0.1, 0.15) is 18.1 Å². The Morgan fingerprint density at radius 2 is 2.00 bits per heavy atom. The third kappa shape index (κ3) is 4.03. The maximum absolute atomic E-state index is 12.3. The molecule has 0 aliphatic rings. The van der Waals surface area contributed by atoms with Crippen LogP contribution in [-0.2, 0) is 13.6 Å². The summed E-state index contributed by atoms with van der Waals surface area (Å²) >= 11 is 0. The molecule has 0 saturated carbocycles. The van der Waals surface area contributed by atoms with Crippen LogP contribution in [0.2, 0.25) is 0 Å². The van der Waals surface area contributed by atoms with Crippen molar-refractivity contribution in [2.75, 3.05) is 5.32 Å². The Balaban J connectivity index is 1.74. The molecule has 10 heteroatoms. The summed E-state index contributed by atoms with van der Waals surface area (Å²) in [6.45, 7) is -1.25. The predicted octanol–water partition coefficient (Wildman–Crippen LogP) is 2.49. The van der Waals surface area contributed by atoms with Crippen LogP contribution in [0.25, 0.3) is 11.4 Å². The summed E-state index contributed by atoms with van der Waals surface area (Å²) in [6, 6.07) is 8.19.